The van der Waals surface area contributed by atoms with Crippen LogP contribution in [0.15, 0.2) is 0 Å². The smallest absolute Gasteiger partial charge is 0.220 e. The normalized spacial score (nSPS) is 23.0. The second-order valence-electron chi connectivity index (χ2n) is 5.47. The van der Waals surface area contributed by atoms with E-state index in [9.17, 15) is 9.59 Å². The molecule has 0 aromatic heterocycles. The number of hydrogen-bond acceptors (Lipinski definition) is 3. The first-order valence-electron chi connectivity index (χ1n) is 7.42. The van der Waals surface area contributed by atoms with Crippen LogP contribution in [0.2, 0.25) is 0 Å². The molecule has 0 spiro atoms. The molecule has 0 unspecified atom stereocenters. The SMILES string of the molecule is NCCCCCCC(=O)NC1CCC(C(N)=O)CC1. The predicted octanol–water partition coefficient (Wildman–Crippen LogP) is 1.06. The number of nitrogens with one attached hydrogen (secondary N) is 1. The van der Waals surface area contributed by atoms with Gasteiger partial charge in [-0.15, -0.1) is 0 Å². The minimum absolute atomic E-state index is 0.00409. The monoisotopic (exact) mass is 269 g/mol. The van der Waals surface area contributed by atoms with Crippen LogP contribution in [0.25, 0.3) is 0 Å². The minimum Gasteiger partial charge on any atom is -0.369 e. The highest BCUT2D eigenvalue weighted by Gasteiger charge is 2.25. The molecule has 1 fully saturated rings. The summed E-state index contributed by atoms with van der Waals surface area (Å²) < 4.78 is 0. The predicted molar refractivity (Wildman–Crippen MR) is 75.2 cm³/mol. The lowest BCUT2D eigenvalue weighted by Gasteiger charge is -2.27. The molecule has 0 aromatic carbocycles. The maximum Gasteiger partial charge on any atom is 0.220 e. The van der Waals surface area contributed by atoms with Crippen LogP contribution in [0.4, 0.5) is 0 Å². The number of carbonyl (C=O) groups is 2. The van der Waals surface area contributed by atoms with Gasteiger partial charge in [-0.2, -0.15) is 0 Å². The molecule has 5 nitrogen and oxygen atoms in total. The number of hydrogen-bond donors (Lipinski definition) is 3. The van der Waals surface area contributed by atoms with Gasteiger partial charge in [-0.25, -0.2) is 0 Å². The third-order valence-corrected chi connectivity index (χ3v) is 3.85. The first-order chi connectivity index (χ1) is 9.13. The Labute approximate surface area is 115 Å². The Kier molecular flexibility index (Phi) is 7.48. The number of nitrogens with two attached hydrogens (primary N) is 2. The fourth-order valence-corrected chi connectivity index (χ4v) is 2.61. The van der Waals surface area contributed by atoms with Crippen molar-refractivity contribution in [3.8, 4) is 0 Å². The number of carbonyl (C=O) groups excluding carboxylic acids is 2. The summed E-state index contributed by atoms with van der Waals surface area (Å²) in [6.07, 6.45) is 8.08. The molecule has 5 N–H and O–H groups in total. The highest BCUT2D eigenvalue weighted by atomic mass is 16.2. The lowest BCUT2D eigenvalue weighted by molar-refractivity contribution is -0.123. The maximum absolute atomic E-state index is 11.7. The van der Waals surface area contributed by atoms with Crippen molar-refractivity contribution < 1.29 is 9.59 Å². The van der Waals surface area contributed by atoms with Crippen molar-refractivity contribution in [2.24, 2.45) is 17.4 Å². The van der Waals surface area contributed by atoms with Crippen molar-refractivity contribution in [3.05, 3.63) is 0 Å². The summed E-state index contributed by atoms with van der Waals surface area (Å²) in [6.45, 7) is 0.731. The second-order valence-corrected chi connectivity index (χ2v) is 5.47. The van der Waals surface area contributed by atoms with E-state index in [2.05, 4.69) is 5.32 Å². The molecule has 0 saturated heterocycles. The molecule has 1 aliphatic rings. The van der Waals surface area contributed by atoms with Crippen LogP contribution >= 0.6 is 0 Å². The Hall–Kier alpha value is -1.10. The second kappa shape index (κ2) is 8.91. The molecule has 0 radical (unpaired) electrons. The van der Waals surface area contributed by atoms with Gasteiger partial charge in [0.05, 0.1) is 0 Å². The van der Waals surface area contributed by atoms with Crippen molar-refractivity contribution in [1.82, 2.24) is 5.32 Å². The zero-order valence-corrected chi connectivity index (χ0v) is 11.7. The molecule has 19 heavy (non-hydrogen) atoms. The molecule has 1 aliphatic carbocycles. The van der Waals surface area contributed by atoms with Gasteiger partial charge in [-0.3, -0.25) is 9.59 Å². The van der Waals surface area contributed by atoms with Gasteiger partial charge in [-0.05, 0) is 45.1 Å². The summed E-state index contributed by atoms with van der Waals surface area (Å²) in [5, 5.41) is 3.05. The maximum atomic E-state index is 11.7. The molecule has 0 atom stereocenters. The van der Waals surface area contributed by atoms with Gasteiger partial charge >= 0.3 is 0 Å². The molecule has 1 rings (SSSR count). The van der Waals surface area contributed by atoms with Gasteiger partial charge in [0.15, 0.2) is 0 Å². The third kappa shape index (κ3) is 6.57. The fourth-order valence-electron chi connectivity index (χ4n) is 2.61. The lowest BCUT2D eigenvalue weighted by atomic mass is 9.85. The van der Waals surface area contributed by atoms with Crippen LogP contribution in [0.3, 0.4) is 0 Å². The van der Waals surface area contributed by atoms with Crippen molar-refractivity contribution in [2.75, 3.05) is 6.54 Å². The van der Waals surface area contributed by atoms with E-state index in [1.807, 2.05) is 0 Å². The van der Waals surface area contributed by atoms with Crippen LogP contribution in [0.1, 0.15) is 57.8 Å². The molecular weight excluding hydrogens is 242 g/mol. The van der Waals surface area contributed by atoms with E-state index in [1.54, 1.807) is 0 Å². The quantitative estimate of drug-likeness (QED) is 0.574. The molecule has 0 aliphatic heterocycles. The summed E-state index contributed by atoms with van der Waals surface area (Å²) in [4.78, 5) is 22.8. The van der Waals surface area contributed by atoms with E-state index in [0.29, 0.717) is 6.42 Å². The standard InChI is InChI=1S/C14H27N3O2/c15-10-4-2-1-3-5-13(18)17-12-8-6-11(7-9-12)14(16)19/h11-12H,1-10,15H2,(H2,16,19)(H,17,18). The summed E-state index contributed by atoms with van der Waals surface area (Å²) in [6, 6.07) is 0.229. The summed E-state index contributed by atoms with van der Waals surface area (Å²) in [5.41, 5.74) is 10.7. The van der Waals surface area contributed by atoms with E-state index >= 15 is 0 Å². The number of unbranched alkanes of at least 4 members (excludes halogenated alkanes) is 3. The molecule has 0 aromatic rings. The zero-order valence-electron chi connectivity index (χ0n) is 11.7. The summed E-state index contributed by atoms with van der Waals surface area (Å²) >= 11 is 0. The van der Waals surface area contributed by atoms with Crippen molar-refractivity contribution in [1.29, 1.82) is 0 Å². The third-order valence-electron chi connectivity index (χ3n) is 3.85. The Morgan fingerprint density at radius 2 is 1.63 bits per heavy atom. The molecule has 110 valence electrons. The first kappa shape index (κ1) is 16.0. The Bertz CT molecular complexity index is 286. The highest BCUT2D eigenvalue weighted by Crippen LogP contribution is 2.23. The van der Waals surface area contributed by atoms with Gasteiger partial charge in [-0.1, -0.05) is 12.8 Å². The first-order valence-corrected chi connectivity index (χ1v) is 7.42. The van der Waals surface area contributed by atoms with Crippen molar-refractivity contribution in [3.63, 3.8) is 0 Å². The van der Waals surface area contributed by atoms with Crippen LogP contribution in [-0.4, -0.2) is 24.4 Å². The molecule has 0 bridgehead atoms. The topological polar surface area (TPSA) is 98.2 Å². The average molecular weight is 269 g/mol. The minimum atomic E-state index is -0.204. The van der Waals surface area contributed by atoms with Gasteiger partial charge in [0.1, 0.15) is 0 Å². The van der Waals surface area contributed by atoms with Crippen LogP contribution in [0.5, 0.6) is 0 Å². The van der Waals surface area contributed by atoms with Crippen LogP contribution in [0, 0.1) is 5.92 Å². The van der Waals surface area contributed by atoms with Gasteiger partial charge in [0.25, 0.3) is 0 Å². The Morgan fingerprint density at radius 1 is 1.00 bits per heavy atom. The van der Waals surface area contributed by atoms with Gasteiger partial charge in [0.2, 0.25) is 11.8 Å². The average Bonchev–Trinajstić information content (AvgIpc) is 2.39. The molecule has 1 saturated carbocycles. The van der Waals surface area contributed by atoms with E-state index in [-0.39, 0.29) is 23.8 Å². The fraction of sp³-hybridized carbons (Fsp3) is 0.857. The number of primary amides is 1. The Balaban J connectivity index is 2.08. The van der Waals surface area contributed by atoms with Crippen molar-refractivity contribution in [2.45, 2.75) is 63.8 Å². The van der Waals surface area contributed by atoms with E-state index in [4.69, 9.17) is 11.5 Å². The van der Waals surface area contributed by atoms with E-state index in [0.717, 1.165) is 57.9 Å². The summed E-state index contributed by atoms with van der Waals surface area (Å²) in [7, 11) is 0. The van der Waals surface area contributed by atoms with Gasteiger partial charge < -0.3 is 16.8 Å². The van der Waals surface area contributed by atoms with Crippen LogP contribution < -0.4 is 16.8 Å². The molecule has 0 heterocycles. The van der Waals surface area contributed by atoms with E-state index < -0.39 is 0 Å². The molecule has 5 heteroatoms. The van der Waals surface area contributed by atoms with Crippen molar-refractivity contribution >= 4 is 11.8 Å². The van der Waals surface area contributed by atoms with Gasteiger partial charge in [0, 0.05) is 18.4 Å². The van der Waals surface area contributed by atoms with Crippen LogP contribution in [-0.2, 0) is 9.59 Å². The lowest BCUT2D eigenvalue weighted by Crippen LogP contribution is -2.39. The summed E-state index contributed by atoms with van der Waals surface area (Å²) in [5.74, 6) is -0.0654. The molecular formula is C14H27N3O2. The Morgan fingerprint density at radius 3 is 2.21 bits per heavy atom. The molecule has 2 amide bonds. The number of amides is 2. The highest BCUT2D eigenvalue weighted by molar-refractivity contribution is 5.77. The number of rotatable bonds is 8. The largest absolute Gasteiger partial charge is 0.369 e. The zero-order chi connectivity index (χ0) is 14.1. The van der Waals surface area contributed by atoms with E-state index in [1.165, 1.54) is 0 Å².